The van der Waals surface area contributed by atoms with Gasteiger partial charge >= 0.3 is 11.9 Å². The largest absolute Gasteiger partial charge is 0.481 e. The number of rotatable bonds is 28. The highest BCUT2D eigenvalue weighted by Crippen LogP contribution is 2.14. The van der Waals surface area contributed by atoms with Crippen LogP contribution in [0, 0.1) is 0 Å². The van der Waals surface area contributed by atoms with E-state index >= 15 is 0 Å². The molecule has 0 aliphatic heterocycles. The van der Waals surface area contributed by atoms with E-state index in [1.807, 2.05) is 0 Å². The number of hydrogen-bond donors (Lipinski definition) is 3. The number of carboxylic acid groups (broad SMARTS) is 2. The van der Waals surface area contributed by atoms with Gasteiger partial charge in [-0.15, -0.1) is 0 Å². The van der Waals surface area contributed by atoms with Crippen molar-refractivity contribution in [3.05, 3.63) is 0 Å². The molecule has 0 aromatic carbocycles. The minimum Gasteiger partial charge on any atom is -0.481 e. The van der Waals surface area contributed by atoms with Gasteiger partial charge in [0.1, 0.15) is 11.8 Å². The Morgan fingerprint density at radius 2 is 1.03 bits per heavy atom. The molecule has 0 aliphatic carbocycles. The number of carboxylic acids is 2. The first-order valence-corrected chi connectivity index (χ1v) is 14.6. The summed E-state index contributed by atoms with van der Waals surface area (Å²) in [5.41, 5.74) is 0. The third-order valence-electron chi connectivity index (χ3n) is 6.69. The molecular formula is C29H53NO7. The molecule has 0 heterocycles. The zero-order valence-corrected chi connectivity index (χ0v) is 23.3. The summed E-state index contributed by atoms with van der Waals surface area (Å²) in [6, 6.07) is -1.01. The van der Waals surface area contributed by atoms with E-state index < -0.39 is 18.0 Å². The lowest BCUT2D eigenvalue weighted by Crippen LogP contribution is -2.41. The molecule has 8 nitrogen and oxygen atoms in total. The molecule has 0 bridgehead atoms. The fraction of sp³-hybridized carbons (Fsp3) is 0.862. The number of carbonyl (C=O) groups excluding carboxylic acids is 2. The van der Waals surface area contributed by atoms with Crippen LogP contribution in [0.25, 0.3) is 0 Å². The summed E-state index contributed by atoms with van der Waals surface area (Å²) < 4.78 is 4.91. The molecule has 0 radical (unpaired) electrons. The molecule has 216 valence electrons. The lowest BCUT2D eigenvalue weighted by atomic mass is 10.0. The van der Waals surface area contributed by atoms with E-state index in [1.54, 1.807) is 7.11 Å². The SMILES string of the molecule is COCCCC(=O)CC[C@H](NC(=O)CCCCCCCCCCCCCCCCCCC(=O)O)C(=O)O. The highest BCUT2D eigenvalue weighted by molar-refractivity contribution is 5.84. The Balaban J connectivity index is 3.53. The van der Waals surface area contributed by atoms with Crippen molar-refractivity contribution in [3.63, 3.8) is 0 Å². The van der Waals surface area contributed by atoms with E-state index in [9.17, 15) is 24.3 Å². The van der Waals surface area contributed by atoms with Crippen molar-refractivity contribution < 1.29 is 34.1 Å². The summed E-state index contributed by atoms with van der Waals surface area (Å²) in [5.74, 6) is -2.04. The average molecular weight is 528 g/mol. The van der Waals surface area contributed by atoms with Crippen molar-refractivity contribution in [3.8, 4) is 0 Å². The summed E-state index contributed by atoms with van der Waals surface area (Å²) in [6.07, 6.45) is 20.3. The average Bonchev–Trinajstić information content (AvgIpc) is 2.85. The smallest absolute Gasteiger partial charge is 0.326 e. The number of aliphatic carboxylic acids is 2. The van der Waals surface area contributed by atoms with Crippen molar-refractivity contribution in [2.45, 2.75) is 147 Å². The summed E-state index contributed by atoms with van der Waals surface area (Å²) >= 11 is 0. The first-order valence-electron chi connectivity index (χ1n) is 14.6. The van der Waals surface area contributed by atoms with Gasteiger partial charge < -0.3 is 20.3 Å². The van der Waals surface area contributed by atoms with Crippen molar-refractivity contribution >= 4 is 23.6 Å². The fourth-order valence-corrected chi connectivity index (χ4v) is 4.40. The Hall–Kier alpha value is -1.96. The summed E-state index contributed by atoms with van der Waals surface area (Å²) in [6.45, 7) is 0.507. The maximum atomic E-state index is 12.1. The second kappa shape index (κ2) is 25.7. The van der Waals surface area contributed by atoms with E-state index in [4.69, 9.17) is 9.84 Å². The lowest BCUT2D eigenvalue weighted by Gasteiger charge is -2.14. The summed E-state index contributed by atoms with van der Waals surface area (Å²) in [5, 5.41) is 20.5. The normalized spacial score (nSPS) is 11.8. The first-order chi connectivity index (χ1) is 17.9. The lowest BCUT2D eigenvalue weighted by molar-refractivity contribution is -0.142. The van der Waals surface area contributed by atoms with Gasteiger partial charge in [0.05, 0.1) is 0 Å². The molecule has 8 heteroatoms. The van der Waals surface area contributed by atoms with Crippen molar-refractivity contribution in [2.24, 2.45) is 0 Å². The predicted octanol–water partition coefficient (Wildman–Crippen LogP) is 6.44. The highest BCUT2D eigenvalue weighted by atomic mass is 16.5. The van der Waals surface area contributed by atoms with Crippen LogP contribution in [0.2, 0.25) is 0 Å². The van der Waals surface area contributed by atoms with Crippen LogP contribution in [0.5, 0.6) is 0 Å². The Kier molecular flexibility index (Phi) is 24.3. The fourth-order valence-electron chi connectivity index (χ4n) is 4.40. The van der Waals surface area contributed by atoms with Crippen molar-refractivity contribution in [1.29, 1.82) is 0 Å². The standard InChI is InChI=1S/C29H53NO7/c1-37-24-18-19-25(31)22-23-26(29(35)36)30-27(32)20-16-14-12-10-8-6-4-2-3-5-7-9-11-13-15-17-21-28(33)34/h26H,2-24H2,1H3,(H,30,32)(H,33,34)(H,35,36)/t26-/m0/s1. The molecule has 3 N–H and O–H groups in total. The zero-order valence-electron chi connectivity index (χ0n) is 23.3. The van der Waals surface area contributed by atoms with Crippen LogP contribution >= 0.6 is 0 Å². The molecular weight excluding hydrogens is 474 g/mol. The number of ketones is 1. The van der Waals surface area contributed by atoms with Crippen molar-refractivity contribution in [1.82, 2.24) is 5.32 Å². The molecule has 0 aliphatic rings. The zero-order chi connectivity index (χ0) is 27.6. The number of carbonyl (C=O) groups is 4. The Morgan fingerprint density at radius 1 is 0.595 bits per heavy atom. The molecule has 1 atom stereocenters. The Morgan fingerprint density at radius 3 is 1.43 bits per heavy atom. The topological polar surface area (TPSA) is 130 Å². The molecule has 0 spiro atoms. The number of unbranched alkanes of at least 4 members (excludes halogenated alkanes) is 15. The first kappa shape index (κ1) is 35.0. The van der Waals surface area contributed by atoms with Gasteiger partial charge in [0, 0.05) is 39.4 Å². The number of nitrogens with one attached hydrogen (secondary N) is 1. The molecule has 0 fully saturated rings. The van der Waals surface area contributed by atoms with Crippen LogP contribution in [0.3, 0.4) is 0 Å². The molecule has 0 aromatic heterocycles. The molecule has 0 unspecified atom stereocenters. The van der Waals surface area contributed by atoms with Crippen LogP contribution in [0.1, 0.15) is 141 Å². The van der Waals surface area contributed by atoms with Crippen LogP contribution in [-0.4, -0.2) is 53.6 Å². The van der Waals surface area contributed by atoms with E-state index in [-0.39, 0.29) is 24.5 Å². The minimum absolute atomic E-state index is 0.00384. The van der Waals surface area contributed by atoms with Gasteiger partial charge in [-0.25, -0.2) is 4.79 Å². The number of hydrogen-bond acceptors (Lipinski definition) is 5. The maximum Gasteiger partial charge on any atom is 0.326 e. The summed E-state index contributed by atoms with van der Waals surface area (Å²) in [7, 11) is 1.57. The number of ether oxygens (including phenoxy) is 1. The number of amides is 1. The van der Waals surface area contributed by atoms with Gasteiger partial charge in [-0.3, -0.25) is 14.4 Å². The van der Waals surface area contributed by atoms with Crippen molar-refractivity contribution in [2.75, 3.05) is 13.7 Å². The molecule has 0 saturated heterocycles. The quantitative estimate of drug-likeness (QED) is 0.0998. The highest BCUT2D eigenvalue weighted by Gasteiger charge is 2.20. The Bertz CT molecular complexity index is 609. The third-order valence-corrected chi connectivity index (χ3v) is 6.69. The van der Waals surface area contributed by atoms with Gasteiger partial charge in [0.25, 0.3) is 0 Å². The van der Waals surface area contributed by atoms with Gasteiger partial charge in [-0.2, -0.15) is 0 Å². The van der Waals surface area contributed by atoms with Crippen LogP contribution in [0.4, 0.5) is 0 Å². The van der Waals surface area contributed by atoms with E-state index in [1.165, 1.54) is 64.2 Å². The molecule has 0 aromatic rings. The van der Waals surface area contributed by atoms with Gasteiger partial charge in [0.15, 0.2) is 0 Å². The van der Waals surface area contributed by atoms with Gasteiger partial charge in [0.2, 0.25) is 5.91 Å². The minimum atomic E-state index is -1.09. The monoisotopic (exact) mass is 527 g/mol. The van der Waals surface area contributed by atoms with Gasteiger partial charge in [-0.05, 0) is 25.7 Å². The van der Waals surface area contributed by atoms with Crippen LogP contribution in [0.15, 0.2) is 0 Å². The van der Waals surface area contributed by atoms with Gasteiger partial charge in [-0.1, -0.05) is 89.9 Å². The molecule has 37 heavy (non-hydrogen) atoms. The second-order valence-corrected chi connectivity index (χ2v) is 10.2. The maximum absolute atomic E-state index is 12.1. The van der Waals surface area contributed by atoms with Crippen LogP contribution < -0.4 is 5.32 Å². The molecule has 0 rings (SSSR count). The van der Waals surface area contributed by atoms with Crippen LogP contribution in [-0.2, 0) is 23.9 Å². The Labute approximate surface area is 224 Å². The molecule has 1 amide bonds. The van der Waals surface area contributed by atoms with E-state index in [2.05, 4.69) is 5.32 Å². The number of methoxy groups -OCH3 is 1. The summed E-state index contributed by atoms with van der Waals surface area (Å²) in [4.78, 5) is 45.8. The second-order valence-electron chi connectivity index (χ2n) is 10.2. The van der Waals surface area contributed by atoms with E-state index in [0.29, 0.717) is 32.3 Å². The third kappa shape index (κ3) is 25.5. The molecule has 0 saturated carbocycles. The van der Waals surface area contributed by atoms with E-state index in [0.717, 1.165) is 38.5 Å². The number of Topliss-reactive ketones (excluding diaryl/α,β-unsaturated/α-hetero) is 1. The predicted molar refractivity (Wildman–Crippen MR) is 146 cm³/mol.